The zero-order valence-corrected chi connectivity index (χ0v) is 11.9. The van der Waals surface area contributed by atoms with E-state index in [-0.39, 0.29) is 18.9 Å². The van der Waals surface area contributed by atoms with Gasteiger partial charge in [0.05, 0.1) is 28.9 Å². The van der Waals surface area contributed by atoms with Gasteiger partial charge in [-0.05, 0) is 13.0 Å². The Hall–Kier alpha value is -2.73. The average molecular weight is 298 g/mol. The molecule has 0 aliphatic heterocycles. The second kappa shape index (κ2) is 5.95. The SMILES string of the molecule is Cc1noc2nc(-c3ccccc3)cc(C(=O)OCCO)c12. The Morgan fingerprint density at radius 1 is 1.32 bits per heavy atom. The van der Waals surface area contributed by atoms with Crippen LogP contribution in [0, 0.1) is 6.92 Å². The number of rotatable bonds is 4. The summed E-state index contributed by atoms with van der Waals surface area (Å²) in [4.78, 5) is 16.6. The number of aryl methyl sites for hydroxylation is 1. The molecule has 2 heterocycles. The third kappa shape index (κ3) is 2.56. The molecule has 1 aromatic carbocycles. The molecule has 0 atom stereocenters. The molecule has 0 fully saturated rings. The lowest BCUT2D eigenvalue weighted by Gasteiger charge is -2.06. The largest absolute Gasteiger partial charge is 0.460 e. The van der Waals surface area contributed by atoms with E-state index in [0.29, 0.717) is 22.3 Å². The van der Waals surface area contributed by atoms with Crippen LogP contribution in [0.4, 0.5) is 0 Å². The molecule has 0 unspecified atom stereocenters. The predicted molar refractivity (Wildman–Crippen MR) is 79.3 cm³/mol. The van der Waals surface area contributed by atoms with Gasteiger partial charge in [-0.15, -0.1) is 0 Å². The molecular formula is C16H14N2O4. The topological polar surface area (TPSA) is 85.5 Å². The number of pyridine rings is 1. The van der Waals surface area contributed by atoms with Gasteiger partial charge in [0.1, 0.15) is 6.61 Å². The maximum Gasteiger partial charge on any atom is 0.339 e. The highest BCUT2D eigenvalue weighted by Crippen LogP contribution is 2.27. The van der Waals surface area contributed by atoms with E-state index in [4.69, 9.17) is 14.4 Å². The highest BCUT2D eigenvalue weighted by atomic mass is 16.5. The molecule has 1 N–H and O–H groups in total. The van der Waals surface area contributed by atoms with Crippen molar-refractivity contribution < 1.29 is 19.2 Å². The number of fused-ring (bicyclic) bond motifs is 1. The van der Waals surface area contributed by atoms with Crippen LogP contribution in [-0.2, 0) is 4.74 Å². The normalized spacial score (nSPS) is 10.8. The van der Waals surface area contributed by atoms with Gasteiger partial charge in [0.25, 0.3) is 5.71 Å². The number of ether oxygens (including phenoxy) is 1. The molecule has 0 radical (unpaired) electrons. The number of aliphatic hydroxyl groups is 1. The number of esters is 1. The van der Waals surface area contributed by atoms with Crippen molar-refractivity contribution in [2.75, 3.05) is 13.2 Å². The minimum atomic E-state index is -0.537. The zero-order valence-electron chi connectivity index (χ0n) is 11.9. The summed E-state index contributed by atoms with van der Waals surface area (Å²) in [5, 5.41) is 13.2. The minimum Gasteiger partial charge on any atom is -0.460 e. The van der Waals surface area contributed by atoms with Gasteiger partial charge in [-0.25, -0.2) is 9.78 Å². The molecule has 0 saturated carbocycles. The van der Waals surface area contributed by atoms with Crippen LogP contribution in [0.25, 0.3) is 22.4 Å². The van der Waals surface area contributed by atoms with Gasteiger partial charge in [-0.2, -0.15) is 0 Å². The van der Waals surface area contributed by atoms with E-state index in [0.717, 1.165) is 5.56 Å². The quantitative estimate of drug-likeness (QED) is 0.744. The number of carbonyl (C=O) groups is 1. The van der Waals surface area contributed by atoms with Crippen LogP contribution in [0.3, 0.4) is 0 Å². The first-order valence-corrected chi connectivity index (χ1v) is 6.81. The van der Waals surface area contributed by atoms with Gasteiger partial charge in [0.15, 0.2) is 0 Å². The van der Waals surface area contributed by atoms with Crippen molar-refractivity contribution >= 4 is 17.1 Å². The Balaban J connectivity index is 2.15. The van der Waals surface area contributed by atoms with Crippen LogP contribution in [-0.4, -0.2) is 34.4 Å². The van der Waals surface area contributed by atoms with Crippen LogP contribution >= 0.6 is 0 Å². The Bertz CT molecular complexity index is 812. The smallest absolute Gasteiger partial charge is 0.339 e. The highest BCUT2D eigenvalue weighted by Gasteiger charge is 2.20. The predicted octanol–water partition coefficient (Wildman–Crippen LogP) is 2.35. The third-order valence-electron chi connectivity index (χ3n) is 3.23. The van der Waals surface area contributed by atoms with Crippen LogP contribution in [0.1, 0.15) is 16.1 Å². The molecule has 0 bridgehead atoms. The maximum absolute atomic E-state index is 12.2. The number of nitrogens with zero attached hydrogens (tertiary/aromatic N) is 2. The molecule has 3 aromatic rings. The van der Waals surface area contributed by atoms with Gasteiger partial charge in [0.2, 0.25) is 0 Å². The summed E-state index contributed by atoms with van der Waals surface area (Å²) in [5.41, 5.74) is 2.64. The number of carbonyl (C=O) groups excluding carboxylic acids is 1. The van der Waals surface area contributed by atoms with Gasteiger partial charge < -0.3 is 14.4 Å². The Kier molecular flexibility index (Phi) is 3.84. The van der Waals surface area contributed by atoms with Crippen molar-refractivity contribution in [3.63, 3.8) is 0 Å². The number of hydrogen-bond acceptors (Lipinski definition) is 6. The molecule has 0 aliphatic carbocycles. The van der Waals surface area contributed by atoms with Crippen molar-refractivity contribution in [3.05, 3.63) is 47.7 Å². The molecule has 3 rings (SSSR count). The van der Waals surface area contributed by atoms with Crippen LogP contribution < -0.4 is 0 Å². The van der Waals surface area contributed by atoms with Gasteiger partial charge in [-0.3, -0.25) is 0 Å². The molecule has 0 saturated heterocycles. The van der Waals surface area contributed by atoms with Crippen LogP contribution in [0.5, 0.6) is 0 Å². The molecule has 112 valence electrons. The molecule has 0 amide bonds. The van der Waals surface area contributed by atoms with Crippen molar-refractivity contribution in [2.24, 2.45) is 0 Å². The number of hydrogen-bond donors (Lipinski definition) is 1. The molecule has 2 aromatic heterocycles. The lowest BCUT2D eigenvalue weighted by atomic mass is 10.1. The first kappa shape index (κ1) is 14.2. The van der Waals surface area contributed by atoms with E-state index in [1.54, 1.807) is 13.0 Å². The van der Waals surface area contributed by atoms with Crippen molar-refractivity contribution in [1.82, 2.24) is 10.1 Å². The number of aliphatic hydroxyl groups excluding tert-OH is 1. The summed E-state index contributed by atoms with van der Waals surface area (Å²) >= 11 is 0. The van der Waals surface area contributed by atoms with E-state index in [1.807, 2.05) is 30.3 Å². The second-order valence-electron chi connectivity index (χ2n) is 4.73. The zero-order chi connectivity index (χ0) is 15.5. The first-order chi connectivity index (χ1) is 10.7. The van der Waals surface area contributed by atoms with E-state index >= 15 is 0 Å². The standard InChI is InChI=1S/C16H14N2O4/c1-10-14-12(16(20)21-8-7-19)9-13(17-15(14)22-18-10)11-5-3-2-4-6-11/h2-6,9,19H,7-8H2,1H3. The first-order valence-electron chi connectivity index (χ1n) is 6.81. The molecule has 0 aliphatic rings. The summed E-state index contributed by atoms with van der Waals surface area (Å²) < 4.78 is 10.2. The van der Waals surface area contributed by atoms with E-state index in [1.165, 1.54) is 0 Å². The highest BCUT2D eigenvalue weighted by molar-refractivity contribution is 6.04. The second-order valence-corrected chi connectivity index (χ2v) is 4.73. The average Bonchev–Trinajstić information content (AvgIpc) is 2.94. The monoisotopic (exact) mass is 298 g/mol. The van der Waals surface area contributed by atoms with E-state index in [9.17, 15) is 4.79 Å². The summed E-state index contributed by atoms with van der Waals surface area (Å²) in [6.45, 7) is 1.44. The number of benzene rings is 1. The molecule has 6 nitrogen and oxygen atoms in total. The summed E-state index contributed by atoms with van der Waals surface area (Å²) in [6, 6.07) is 11.1. The molecule has 0 spiro atoms. The van der Waals surface area contributed by atoms with Crippen molar-refractivity contribution in [3.8, 4) is 11.3 Å². The maximum atomic E-state index is 12.2. The fourth-order valence-electron chi connectivity index (χ4n) is 2.23. The Morgan fingerprint density at radius 3 is 2.82 bits per heavy atom. The van der Waals surface area contributed by atoms with E-state index < -0.39 is 5.97 Å². The molecule has 22 heavy (non-hydrogen) atoms. The third-order valence-corrected chi connectivity index (χ3v) is 3.23. The van der Waals surface area contributed by atoms with Gasteiger partial charge in [-0.1, -0.05) is 35.5 Å². The molecular weight excluding hydrogens is 284 g/mol. The summed E-state index contributed by atoms with van der Waals surface area (Å²) in [5.74, 6) is -0.537. The Morgan fingerprint density at radius 2 is 2.09 bits per heavy atom. The lowest BCUT2D eigenvalue weighted by molar-refractivity contribution is 0.0436. The van der Waals surface area contributed by atoms with Gasteiger partial charge in [0, 0.05) is 5.56 Å². The fraction of sp³-hybridized carbons (Fsp3) is 0.188. The Labute approximate surface area is 126 Å². The van der Waals surface area contributed by atoms with E-state index in [2.05, 4.69) is 10.1 Å². The van der Waals surface area contributed by atoms with Crippen LogP contribution in [0.15, 0.2) is 40.9 Å². The van der Waals surface area contributed by atoms with Crippen molar-refractivity contribution in [2.45, 2.75) is 6.92 Å². The fourth-order valence-corrected chi connectivity index (χ4v) is 2.23. The van der Waals surface area contributed by atoms with Crippen molar-refractivity contribution in [1.29, 1.82) is 0 Å². The number of aromatic nitrogens is 2. The van der Waals surface area contributed by atoms with Crippen LogP contribution in [0.2, 0.25) is 0 Å². The summed E-state index contributed by atoms with van der Waals surface area (Å²) in [7, 11) is 0. The lowest BCUT2D eigenvalue weighted by Crippen LogP contribution is -2.10. The van der Waals surface area contributed by atoms with Gasteiger partial charge >= 0.3 is 5.97 Å². The minimum absolute atomic E-state index is 0.0619. The summed E-state index contributed by atoms with van der Waals surface area (Å²) in [6.07, 6.45) is 0. The molecule has 6 heteroatoms.